The fourth-order valence-electron chi connectivity index (χ4n) is 2.83. The van der Waals surface area contributed by atoms with Crippen molar-refractivity contribution in [3.63, 3.8) is 0 Å². The van der Waals surface area contributed by atoms with Gasteiger partial charge >= 0.3 is 0 Å². The van der Waals surface area contributed by atoms with E-state index in [0.29, 0.717) is 0 Å². The molecule has 27 heavy (non-hydrogen) atoms. The molecular formula is C21H25N3O2S. The quantitative estimate of drug-likeness (QED) is 0.827. The van der Waals surface area contributed by atoms with Gasteiger partial charge in [-0.05, 0) is 30.7 Å². The number of methoxy groups -OCH3 is 1. The highest BCUT2D eigenvalue weighted by Crippen LogP contribution is 2.30. The summed E-state index contributed by atoms with van der Waals surface area (Å²) in [6.07, 6.45) is 0.903. The molecule has 2 heterocycles. The summed E-state index contributed by atoms with van der Waals surface area (Å²) in [7, 11) is 1.62. The molecule has 0 bridgehead atoms. The lowest BCUT2D eigenvalue weighted by molar-refractivity contribution is -0.116. The highest BCUT2D eigenvalue weighted by molar-refractivity contribution is 7.13. The van der Waals surface area contributed by atoms with Gasteiger partial charge in [0, 0.05) is 41.4 Å². The lowest BCUT2D eigenvalue weighted by Crippen LogP contribution is -2.36. The Morgan fingerprint density at radius 1 is 1.33 bits per heavy atom. The largest absolute Gasteiger partial charge is 0.497 e. The third kappa shape index (κ3) is 5.01. The van der Waals surface area contributed by atoms with Crippen LogP contribution in [-0.4, -0.2) is 37.1 Å². The number of nitrogens with zero attached hydrogens (tertiary/aromatic N) is 2. The Morgan fingerprint density at radius 3 is 2.70 bits per heavy atom. The second-order valence-corrected chi connectivity index (χ2v) is 8.49. The molecule has 1 aromatic heterocycles. The Kier molecular flexibility index (Phi) is 5.71. The molecule has 3 rings (SSSR count). The summed E-state index contributed by atoms with van der Waals surface area (Å²) >= 11 is 1.67. The number of benzene rings is 1. The molecule has 1 unspecified atom stereocenters. The number of carbonyl (C=O) groups excluding carboxylic acids is 1. The van der Waals surface area contributed by atoms with Crippen molar-refractivity contribution in [3.8, 4) is 17.6 Å². The maximum atomic E-state index is 12.1. The number of thiazole rings is 1. The van der Waals surface area contributed by atoms with E-state index in [2.05, 4.69) is 48.2 Å². The normalized spacial score (nSPS) is 16.6. The second kappa shape index (κ2) is 8.01. The zero-order chi connectivity index (χ0) is 19.4. The van der Waals surface area contributed by atoms with Crippen LogP contribution in [0.25, 0.3) is 0 Å². The van der Waals surface area contributed by atoms with Gasteiger partial charge in [-0.15, -0.1) is 11.3 Å². The third-order valence-corrected chi connectivity index (χ3v) is 5.37. The molecule has 0 spiro atoms. The first-order valence-electron chi connectivity index (χ1n) is 9.02. The predicted octanol–water partition coefficient (Wildman–Crippen LogP) is 3.20. The molecule has 1 fully saturated rings. The van der Waals surface area contributed by atoms with Crippen LogP contribution < -0.4 is 15.0 Å². The fourth-order valence-corrected chi connectivity index (χ4v) is 3.92. The Hall–Kier alpha value is -2.52. The van der Waals surface area contributed by atoms with E-state index in [4.69, 9.17) is 9.72 Å². The average molecular weight is 384 g/mol. The van der Waals surface area contributed by atoms with Crippen LogP contribution in [-0.2, 0) is 10.2 Å². The van der Waals surface area contributed by atoms with Crippen molar-refractivity contribution < 1.29 is 9.53 Å². The van der Waals surface area contributed by atoms with Crippen molar-refractivity contribution in [2.45, 2.75) is 38.6 Å². The Balaban J connectivity index is 1.54. The van der Waals surface area contributed by atoms with E-state index in [-0.39, 0.29) is 17.4 Å². The average Bonchev–Trinajstić information content (AvgIpc) is 3.29. The molecule has 1 aromatic carbocycles. The zero-order valence-corrected chi connectivity index (χ0v) is 17.0. The summed E-state index contributed by atoms with van der Waals surface area (Å²) in [4.78, 5) is 19.1. The van der Waals surface area contributed by atoms with Crippen LogP contribution in [0.5, 0.6) is 5.75 Å². The van der Waals surface area contributed by atoms with Crippen LogP contribution in [0.3, 0.4) is 0 Å². The van der Waals surface area contributed by atoms with E-state index in [9.17, 15) is 4.79 Å². The van der Waals surface area contributed by atoms with Gasteiger partial charge in [0.2, 0.25) is 0 Å². The highest BCUT2D eigenvalue weighted by Gasteiger charge is 2.27. The number of ether oxygens (including phenoxy) is 1. The third-order valence-electron chi connectivity index (χ3n) is 4.46. The van der Waals surface area contributed by atoms with Gasteiger partial charge in [-0.25, -0.2) is 4.98 Å². The van der Waals surface area contributed by atoms with Crippen molar-refractivity contribution >= 4 is 22.4 Å². The molecule has 0 aliphatic carbocycles. The Morgan fingerprint density at radius 2 is 2.07 bits per heavy atom. The van der Waals surface area contributed by atoms with Crippen LogP contribution in [0.1, 0.15) is 38.4 Å². The van der Waals surface area contributed by atoms with E-state index in [1.165, 1.54) is 0 Å². The van der Waals surface area contributed by atoms with E-state index >= 15 is 0 Å². The molecule has 5 nitrogen and oxygen atoms in total. The molecule has 2 aromatic rings. The molecule has 1 saturated heterocycles. The van der Waals surface area contributed by atoms with Crippen molar-refractivity contribution in [1.29, 1.82) is 0 Å². The van der Waals surface area contributed by atoms with E-state index in [1.807, 2.05) is 24.3 Å². The van der Waals surface area contributed by atoms with E-state index in [1.54, 1.807) is 18.4 Å². The summed E-state index contributed by atoms with van der Waals surface area (Å²) in [6, 6.07) is 7.44. The molecule has 142 valence electrons. The molecule has 0 radical (unpaired) electrons. The standard InChI is InChI=1S/C21H25N3O2S/c1-21(2,3)18-14-27-20(23-18)24-12-11-16(13-24)22-19(25)10-7-15-5-8-17(26-4)9-6-15/h5-6,8-9,14,16H,11-13H2,1-4H3,(H,22,25). The molecule has 1 atom stereocenters. The van der Waals surface area contributed by atoms with Crippen LogP contribution in [0, 0.1) is 11.8 Å². The topological polar surface area (TPSA) is 54.5 Å². The second-order valence-electron chi connectivity index (χ2n) is 7.65. The predicted molar refractivity (Wildman–Crippen MR) is 109 cm³/mol. The first-order chi connectivity index (χ1) is 12.8. The number of carbonyl (C=O) groups is 1. The minimum atomic E-state index is -0.243. The summed E-state index contributed by atoms with van der Waals surface area (Å²) < 4.78 is 5.11. The monoisotopic (exact) mass is 383 g/mol. The number of rotatable bonds is 3. The lowest BCUT2D eigenvalue weighted by Gasteiger charge is -2.17. The number of hydrogen-bond acceptors (Lipinski definition) is 5. The molecule has 1 aliphatic rings. The Labute approximate surface area is 164 Å². The first kappa shape index (κ1) is 19.2. The van der Waals surface area contributed by atoms with Crippen LogP contribution >= 0.6 is 11.3 Å². The summed E-state index contributed by atoms with van der Waals surface area (Å²) in [5, 5.41) is 6.16. The number of amides is 1. The first-order valence-corrected chi connectivity index (χ1v) is 9.90. The number of nitrogens with one attached hydrogen (secondary N) is 1. The summed E-state index contributed by atoms with van der Waals surface area (Å²) in [5.74, 6) is 6.09. The van der Waals surface area contributed by atoms with Crippen molar-refractivity contribution in [2.24, 2.45) is 0 Å². The van der Waals surface area contributed by atoms with Gasteiger partial charge in [0.15, 0.2) is 5.13 Å². The van der Waals surface area contributed by atoms with Gasteiger partial charge in [0.25, 0.3) is 5.91 Å². The maximum absolute atomic E-state index is 12.1. The highest BCUT2D eigenvalue weighted by atomic mass is 32.1. The van der Waals surface area contributed by atoms with Crippen LogP contribution in [0.15, 0.2) is 29.6 Å². The van der Waals surface area contributed by atoms with Gasteiger partial charge in [0.05, 0.1) is 12.8 Å². The molecule has 1 amide bonds. The number of hydrogen-bond donors (Lipinski definition) is 1. The van der Waals surface area contributed by atoms with Gasteiger partial charge in [-0.1, -0.05) is 26.7 Å². The fraction of sp³-hybridized carbons (Fsp3) is 0.429. The van der Waals surface area contributed by atoms with Crippen LogP contribution in [0.4, 0.5) is 5.13 Å². The van der Waals surface area contributed by atoms with Crippen molar-refractivity contribution in [1.82, 2.24) is 10.3 Å². The maximum Gasteiger partial charge on any atom is 0.296 e. The Bertz CT molecular complexity index is 856. The number of anilines is 1. The smallest absolute Gasteiger partial charge is 0.296 e. The summed E-state index contributed by atoms with van der Waals surface area (Å²) in [6.45, 7) is 8.17. The number of aromatic nitrogens is 1. The minimum Gasteiger partial charge on any atom is -0.497 e. The van der Waals surface area contributed by atoms with Gasteiger partial charge in [0.1, 0.15) is 5.75 Å². The molecule has 1 aliphatic heterocycles. The van der Waals surface area contributed by atoms with E-state index < -0.39 is 0 Å². The molecule has 1 N–H and O–H groups in total. The lowest BCUT2D eigenvalue weighted by atomic mass is 9.93. The minimum absolute atomic E-state index is 0.0547. The van der Waals surface area contributed by atoms with Crippen molar-refractivity contribution in [3.05, 3.63) is 40.9 Å². The zero-order valence-electron chi connectivity index (χ0n) is 16.2. The van der Waals surface area contributed by atoms with Gasteiger partial charge < -0.3 is 15.0 Å². The van der Waals surface area contributed by atoms with Gasteiger partial charge in [-0.2, -0.15) is 0 Å². The SMILES string of the molecule is COc1ccc(C#CC(=O)NC2CCN(c3nc(C(C)(C)C)cs3)C2)cc1. The molecular weight excluding hydrogens is 358 g/mol. The molecule has 0 saturated carbocycles. The van der Waals surface area contributed by atoms with E-state index in [0.717, 1.165) is 41.6 Å². The molecule has 6 heteroatoms. The van der Waals surface area contributed by atoms with Crippen molar-refractivity contribution in [2.75, 3.05) is 25.1 Å². The summed E-state index contributed by atoms with van der Waals surface area (Å²) in [5.41, 5.74) is 1.95. The van der Waals surface area contributed by atoms with Gasteiger partial charge in [-0.3, -0.25) is 4.79 Å². The van der Waals surface area contributed by atoms with Crippen LogP contribution in [0.2, 0.25) is 0 Å².